The molecule has 0 aliphatic heterocycles. The van der Waals surface area contributed by atoms with Crippen molar-refractivity contribution in [1.29, 1.82) is 0 Å². The SMILES string of the molecule is Cc1ccc(S(=O)(=O)n2c(CN(C(C)C)C(C)C)cc3ccccc32)cc1. The summed E-state index contributed by atoms with van der Waals surface area (Å²) in [6, 6.07) is 17.4. The molecule has 0 radical (unpaired) electrons. The van der Waals surface area contributed by atoms with Gasteiger partial charge in [-0.05, 0) is 58.9 Å². The summed E-state index contributed by atoms with van der Waals surface area (Å²) in [5.74, 6) is 0. The predicted molar refractivity (Wildman–Crippen MR) is 112 cm³/mol. The van der Waals surface area contributed by atoms with Crippen LogP contribution in [0.3, 0.4) is 0 Å². The van der Waals surface area contributed by atoms with E-state index >= 15 is 0 Å². The molecule has 0 fully saturated rings. The van der Waals surface area contributed by atoms with E-state index in [1.54, 1.807) is 12.1 Å². The summed E-state index contributed by atoms with van der Waals surface area (Å²) in [7, 11) is -3.68. The summed E-state index contributed by atoms with van der Waals surface area (Å²) >= 11 is 0. The topological polar surface area (TPSA) is 42.3 Å². The van der Waals surface area contributed by atoms with Crippen LogP contribution in [-0.4, -0.2) is 29.4 Å². The van der Waals surface area contributed by atoms with Crippen molar-refractivity contribution in [3.8, 4) is 0 Å². The number of fused-ring (bicyclic) bond motifs is 1. The van der Waals surface area contributed by atoms with Crippen molar-refractivity contribution >= 4 is 20.9 Å². The van der Waals surface area contributed by atoms with E-state index in [-0.39, 0.29) is 0 Å². The number of aryl methyl sites for hydroxylation is 1. The van der Waals surface area contributed by atoms with Gasteiger partial charge < -0.3 is 0 Å². The number of aromatic nitrogens is 1. The minimum Gasteiger partial charge on any atom is -0.293 e. The first-order valence-corrected chi connectivity index (χ1v) is 10.8. The molecule has 1 aromatic heterocycles. The molecule has 0 bridgehead atoms. The molecule has 0 amide bonds. The van der Waals surface area contributed by atoms with Crippen molar-refractivity contribution in [2.24, 2.45) is 0 Å². The Bertz CT molecular complexity index is 1020. The molecule has 3 aromatic rings. The molecule has 0 atom stereocenters. The summed E-state index contributed by atoms with van der Waals surface area (Å²) in [5.41, 5.74) is 2.55. The van der Waals surface area contributed by atoms with E-state index in [9.17, 15) is 8.42 Å². The molecule has 0 aliphatic carbocycles. The van der Waals surface area contributed by atoms with Crippen molar-refractivity contribution in [2.75, 3.05) is 0 Å². The normalized spacial score (nSPS) is 12.6. The Hall–Kier alpha value is -2.11. The first-order chi connectivity index (χ1) is 12.7. The van der Waals surface area contributed by atoms with Crippen LogP contribution in [0.2, 0.25) is 0 Å². The van der Waals surface area contributed by atoms with E-state index < -0.39 is 10.0 Å². The second kappa shape index (κ2) is 7.49. The third-order valence-corrected chi connectivity index (χ3v) is 6.75. The zero-order valence-corrected chi connectivity index (χ0v) is 17.5. The molecule has 3 rings (SSSR count). The van der Waals surface area contributed by atoms with Crippen molar-refractivity contribution in [3.63, 3.8) is 0 Å². The first-order valence-electron chi connectivity index (χ1n) is 9.39. The van der Waals surface area contributed by atoms with Gasteiger partial charge in [-0.25, -0.2) is 12.4 Å². The lowest BCUT2D eigenvalue weighted by Gasteiger charge is -2.30. The second-order valence-electron chi connectivity index (χ2n) is 7.64. The summed E-state index contributed by atoms with van der Waals surface area (Å²) in [6.07, 6.45) is 0. The zero-order chi connectivity index (χ0) is 19.8. The number of hydrogen-bond donors (Lipinski definition) is 0. The monoisotopic (exact) mass is 384 g/mol. The summed E-state index contributed by atoms with van der Waals surface area (Å²) in [6.45, 7) is 11.1. The molecule has 0 aliphatic rings. The van der Waals surface area contributed by atoms with Crippen LogP contribution in [0.4, 0.5) is 0 Å². The molecular formula is C22H28N2O2S. The number of benzene rings is 2. The van der Waals surface area contributed by atoms with E-state index in [1.807, 2.05) is 49.4 Å². The highest BCUT2D eigenvalue weighted by Gasteiger charge is 2.25. The molecule has 0 unspecified atom stereocenters. The van der Waals surface area contributed by atoms with E-state index in [4.69, 9.17) is 0 Å². The molecule has 4 nitrogen and oxygen atoms in total. The van der Waals surface area contributed by atoms with Crippen LogP contribution in [-0.2, 0) is 16.6 Å². The van der Waals surface area contributed by atoms with Crippen LogP contribution >= 0.6 is 0 Å². The lowest BCUT2D eigenvalue weighted by molar-refractivity contribution is 0.163. The first kappa shape index (κ1) is 19.6. The van der Waals surface area contributed by atoms with Crippen LogP contribution < -0.4 is 0 Å². The van der Waals surface area contributed by atoms with Gasteiger partial charge in [-0.3, -0.25) is 4.90 Å². The molecule has 5 heteroatoms. The number of para-hydroxylation sites is 1. The molecule has 144 valence electrons. The van der Waals surface area contributed by atoms with Crippen molar-refractivity contribution < 1.29 is 8.42 Å². The standard InChI is InChI=1S/C22H28N2O2S/c1-16(2)23(17(3)4)15-20-14-19-8-6-7-9-22(19)24(20)27(25,26)21-12-10-18(5)11-13-21/h6-14,16-17H,15H2,1-5H3. The van der Waals surface area contributed by atoms with Gasteiger partial charge in [-0.1, -0.05) is 35.9 Å². The lowest BCUT2D eigenvalue weighted by Crippen LogP contribution is -2.37. The van der Waals surface area contributed by atoms with Crippen molar-refractivity contribution in [3.05, 3.63) is 65.9 Å². The smallest absolute Gasteiger partial charge is 0.268 e. The molecular weight excluding hydrogens is 356 g/mol. The third-order valence-electron chi connectivity index (χ3n) is 4.97. The number of nitrogens with zero attached hydrogens (tertiary/aromatic N) is 2. The summed E-state index contributed by atoms with van der Waals surface area (Å²) < 4.78 is 28.5. The van der Waals surface area contributed by atoms with E-state index in [0.29, 0.717) is 23.5 Å². The maximum atomic E-state index is 13.5. The van der Waals surface area contributed by atoms with Crippen LogP contribution in [0.15, 0.2) is 59.5 Å². The molecule has 27 heavy (non-hydrogen) atoms. The van der Waals surface area contributed by atoms with Gasteiger partial charge in [0.1, 0.15) is 0 Å². The largest absolute Gasteiger partial charge is 0.293 e. The quantitative estimate of drug-likeness (QED) is 0.613. The lowest BCUT2D eigenvalue weighted by atomic mass is 10.2. The van der Waals surface area contributed by atoms with Crippen LogP contribution in [0.25, 0.3) is 10.9 Å². The Balaban J connectivity index is 2.20. The van der Waals surface area contributed by atoms with Crippen LogP contribution in [0.1, 0.15) is 39.0 Å². The highest BCUT2D eigenvalue weighted by atomic mass is 32.2. The van der Waals surface area contributed by atoms with Crippen molar-refractivity contribution in [2.45, 2.75) is 58.1 Å². The Morgan fingerprint density at radius 3 is 2.11 bits per heavy atom. The fraction of sp³-hybridized carbons (Fsp3) is 0.364. The van der Waals surface area contributed by atoms with Gasteiger partial charge in [-0.2, -0.15) is 0 Å². The predicted octanol–water partition coefficient (Wildman–Crippen LogP) is 4.81. The average molecular weight is 385 g/mol. The maximum Gasteiger partial charge on any atom is 0.268 e. The average Bonchev–Trinajstić information content (AvgIpc) is 2.98. The Kier molecular flexibility index (Phi) is 5.45. The number of rotatable bonds is 6. The summed E-state index contributed by atoms with van der Waals surface area (Å²) in [5, 5.41) is 0.940. The number of hydrogen-bond acceptors (Lipinski definition) is 3. The molecule has 0 saturated heterocycles. The van der Waals surface area contributed by atoms with Crippen LogP contribution in [0.5, 0.6) is 0 Å². The van der Waals surface area contributed by atoms with Crippen LogP contribution in [0, 0.1) is 6.92 Å². The highest BCUT2D eigenvalue weighted by Crippen LogP contribution is 2.27. The molecule has 0 spiro atoms. The fourth-order valence-electron chi connectivity index (χ4n) is 3.55. The molecule has 1 heterocycles. The van der Waals surface area contributed by atoms with E-state index in [1.165, 1.54) is 3.97 Å². The second-order valence-corrected chi connectivity index (χ2v) is 9.42. The maximum absolute atomic E-state index is 13.5. The third kappa shape index (κ3) is 3.80. The Labute approximate surface area is 162 Å². The summed E-state index contributed by atoms with van der Waals surface area (Å²) in [4.78, 5) is 2.62. The molecule has 0 N–H and O–H groups in total. The van der Waals surface area contributed by atoms with E-state index in [2.05, 4.69) is 32.6 Å². The van der Waals surface area contributed by atoms with Gasteiger partial charge >= 0.3 is 0 Å². The van der Waals surface area contributed by atoms with Gasteiger partial charge in [-0.15, -0.1) is 0 Å². The molecule has 0 saturated carbocycles. The highest BCUT2D eigenvalue weighted by molar-refractivity contribution is 7.90. The zero-order valence-electron chi connectivity index (χ0n) is 16.7. The Morgan fingerprint density at radius 2 is 1.52 bits per heavy atom. The van der Waals surface area contributed by atoms with Crippen molar-refractivity contribution in [1.82, 2.24) is 8.87 Å². The fourth-order valence-corrected chi connectivity index (χ4v) is 5.08. The Morgan fingerprint density at radius 1 is 0.926 bits per heavy atom. The minimum absolute atomic E-state index is 0.316. The van der Waals surface area contributed by atoms with Gasteiger partial charge in [0.2, 0.25) is 0 Å². The minimum atomic E-state index is -3.68. The van der Waals surface area contributed by atoms with Gasteiger partial charge in [0.25, 0.3) is 10.0 Å². The van der Waals surface area contributed by atoms with Gasteiger partial charge in [0, 0.05) is 29.7 Å². The van der Waals surface area contributed by atoms with Gasteiger partial charge in [0.05, 0.1) is 10.4 Å². The molecule has 2 aromatic carbocycles. The van der Waals surface area contributed by atoms with E-state index in [0.717, 1.165) is 22.2 Å². The van der Waals surface area contributed by atoms with Gasteiger partial charge in [0.15, 0.2) is 0 Å².